The topological polar surface area (TPSA) is 52.5 Å². The molecule has 0 spiro atoms. The maximum Gasteiger partial charge on any atom is 0.200 e. The molecule has 0 saturated carbocycles. The summed E-state index contributed by atoms with van der Waals surface area (Å²) in [7, 11) is 0. The molecule has 1 heterocycles. The van der Waals surface area contributed by atoms with E-state index in [0.29, 0.717) is 23.7 Å². The van der Waals surface area contributed by atoms with Crippen LogP contribution in [0.4, 0.5) is 0 Å². The molecular formula is C25H20ClN3. The zero-order valence-electron chi connectivity index (χ0n) is 16.1. The van der Waals surface area contributed by atoms with Crippen LogP contribution in [0.3, 0.4) is 0 Å². The van der Waals surface area contributed by atoms with Gasteiger partial charge < -0.3 is 4.98 Å². The normalized spacial score (nSPS) is 10.7. The first-order chi connectivity index (χ1) is 14.1. The minimum Gasteiger partial charge on any atom is -0.332 e. The van der Waals surface area contributed by atoms with Crippen molar-refractivity contribution >= 4 is 11.6 Å². The molecule has 0 fully saturated rings. The van der Waals surface area contributed by atoms with Crippen LogP contribution in [0.2, 0.25) is 5.28 Å². The van der Waals surface area contributed by atoms with Gasteiger partial charge >= 0.3 is 0 Å². The lowest BCUT2D eigenvalue weighted by atomic mass is 9.98. The Hall–Kier alpha value is -3.35. The van der Waals surface area contributed by atoms with Crippen molar-refractivity contribution in [3.8, 4) is 17.2 Å². The van der Waals surface area contributed by atoms with Gasteiger partial charge in [-0.25, -0.2) is 4.98 Å². The van der Waals surface area contributed by atoms with Gasteiger partial charge in [-0.15, -0.1) is 0 Å². The molecule has 0 radical (unpaired) electrons. The highest BCUT2D eigenvalue weighted by Gasteiger charge is 2.11. The van der Waals surface area contributed by atoms with E-state index < -0.39 is 0 Å². The first-order valence-corrected chi connectivity index (χ1v) is 9.87. The number of hydrogen-bond donors (Lipinski definition) is 1. The molecule has 0 aliphatic heterocycles. The summed E-state index contributed by atoms with van der Waals surface area (Å²) in [4.78, 5) is 7.66. The highest BCUT2D eigenvalue weighted by molar-refractivity contribution is 6.28. The Bertz CT molecular complexity index is 1170. The summed E-state index contributed by atoms with van der Waals surface area (Å²) in [5.74, 6) is 0. The lowest BCUT2D eigenvalue weighted by Crippen LogP contribution is -1.97. The molecule has 0 atom stereocenters. The van der Waals surface area contributed by atoms with Gasteiger partial charge in [0.1, 0.15) is 0 Å². The minimum atomic E-state index is 0.403. The van der Waals surface area contributed by atoms with Gasteiger partial charge in [0.2, 0.25) is 0 Å². The monoisotopic (exact) mass is 397 g/mol. The number of benzene rings is 3. The van der Waals surface area contributed by atoms with Crippen LogP contribution >= 0.6 is 11.6 Å². The van der Waals surface area contributed by atoms with Crippen LogP contribution in [0.25, 0.3) is 11.1 Å². The van der Waals surface area contributed by atoms with Crippen LogP contribution in [0.15, 0.2) is 72.8 Å². The van der Waals surface area contributed by atoms with Crippen molar-refractivity contribution in [2.75, 3.05) is 0 Å². The first kappa shape index (κ1) is 19.0. The number of nitriles is 1. The molecule has 4 aromatic rings. The maximum atomic E-state index is 8.95. The van der Waals surface area contributed by atoms with Gasteiger partial charge in [0, 0.05) is 18.5 Å². The van der Waals surface area contributed by atoms with E-state index in [-0.39, 0.29) is 0 Å². The quantitative estimate of drug-likeness (QED) is 0.443. The average molecular weight is 398 g/mol. The van der Waals surface area contributed by atoms with Crippen molar-refractivity contribution in [1.29, 1.82) is 5.26 Å². The summed E-state index contributed by atoms with van der Waals surface area (Å²) >= 11 is 6.16. The van der Waals surface area contributed by atoms with E-state index in [2.05, 4.69) is 71.5 Å². The summed E-state index contributed by atoms with van der Waals surface area (Å²) in [5.41, 5.74) is 8.64. The largest absolute Gasteiger partial charge is 0.332 e. The van der Waals surface area contributed by atoms with Gasteiger partial charge in [0.25, 0.3) is 0 Å². The third-order valence-corrected chi connectivity index (χ3v) is 5.26. The second kappa shape index (κ2) is 8.34. The van der Waals surface area contributed by atoms with Crippen molar-refractivity contribution in [2.24, 2.45) is 0 Å². The van der Waals surface area contributed by atoms with Crippen molar-refractivity contribution < 1.29 is 0 Å². The summed E-state index contributed by atoms with van der Waals surface area (Å²) < 4.78 is 0. The molecule has 0 amide bonds. The number of nitrogens with one attached hydrogen (secondary N) is 1. The third-order valence-electron chi connectivity index (χ3n) is 5.08. The number of rotatable bonds is 5. The molecule has 142 valence electrons. The lowest BCUT2D eigenvalue weighted by molar-refractivity contribution is 1.03. The number of aromatic nitrogens is 2. The number of H-pyrrole nitrogens is 1. The predicted molar refractivity (Wildman–Crippen MR) is 117 cm³/mol. The van der Waals surface area contributed by atoms with Crippen LogP contribution in [-0.4, -0.2) is 9.97 Å². The van der Waals surface area contributed by atoms with Gasteiger partial charge in [0.15, 0.2) is 5.28 Å². The van der Waals surface area contributed by atoms with Gasteiger partial charge in [-0.3, -0.25) is 0 Å². The van der Waals surface area contributed by atoms with Crippen LogP contribution in [0, 0.1) is 18.3 Å². The minimum absolute atomic E-state index is 0.403. The summed E-state index contributed by atoms with van der Waals surface area (Å²) in [5, 5.41) is 9.36. The Morgan fingerprint density at radius 3 is 2.24 bits per heavy atom. The van der Waals surface area contributed by atoms with Gasteiger partial charge in [-0.1, -0.05) is 60.7 Å². The van der Waals surface area contributed by atoms with Gasteiger partial charge in [-0.05, 0) is 58.5 Å². The fourth-order valence-corrected chi connectivity index (χ4v) is 3.71. The zero-order chi connectivity index (χ0) is 20.2. The number of imidazole rings is 1. The van der Waals surface area contributed by atoms with Crippen molar-refractivity contribution in [2.45, 2.75) is 19.8 Å². The molecule has 0 bridgehead atoms. The van der Waals surface area contributed by atoms with Crippen molar-refractivity contribution in [1.82, 2.24) is 9.97 Å². The van der Waals surface area contributed by atoms with E-state index in [1.54, 1.807) is 0 Å². The molecule has 0 aliphatic rings. The first-order valence-electron chi connectivity index (χ1n) is 9.49. The van der Waals surface area contributed by atoms with Crippen LogP contribution < -0.4 is 0 Å². The molecule has 3 aromatic carbocycles. The Kier molecular flexibility index (Phi) is 5.46. The molecule has 0 aliphatic carbocycles. The average Bonchev–Trinajstić information content (AvgIpc) is 3.08. The highest BCUT2D eigenvalue weighted by atomic mass is 35.5. The number of halogens is 1. The van der Waals surface area contributed by atoms with E-state index in [4.69, 9.17) is 16.9 Å². The molecule has 1 N–H and O–H groups in total. The molecule has 0 saturated heterocycles. The zero-order valence-corrected chi connectivity index (χ0v) is 16.9. The molecular weight excluding hydrogens is 378 g/mol. The molecule has 4 rings (SSSR count). The Balaban J connectivity index is 1.54. The Morgan fingerprint density at radius 1 is 0.897 bits per heavy atom. The van der Waals surface area contributed by atoms with Crippen LogP contribution in [0.5, 0.6) is 0 Å². The molecule has 1 aromatic heterocycles. The third kappa shape index (κ3) is 4.39. The molecule has 3 nitrogen and oxygen atoms in total. The SMILES string of the molecule is Cc1ccccc1-c1ccc(Cc2nc(Cl)[nH]c2Cc2ccc(C#N)cc2)cc1. The number of nitrogens with zero attached hydrogens (tertiary/aromatic N) is 2. The summed E-state index contributed by atoms with van der Waals surface area (Å²) in [6.07, 6.45) is 1.41. The van der Waals surface area contributed by atoms with Crippen molar-refractivity contribution in [3.63, 3.8) is 0 Å². The van der Waals surface area contributed by atoms with E-state index in [1.165, 1.54) is 22.3 Å². The van der Waals surface area contributed by atoms with E-state index in [0.717, 1.165) is 17.0 Å². The fraction of sp³-hybridized carbons (Fsp3) is 0.120. The van der Waals surface area contributed by atoms with E-state index in [9.17, 15) is 0 Å². The molecule has 29 heavy (non-hydrogen) atoms. The maximum absolute atomic E-state index is 8.95. The molecule has 4 heteroatoms. The number of aromatic amines is 1. The fourth-order valence-electron chi connectivity index (χ4n) is 3.50. The van der Waals surface area contributed by atoms with Gasteiger partial charge in [-0.2, -0.15) is 5.26 Å². The second-order valence-electron chi connectivity index (χ2n) is 7.13. The Labute approximate surface area is 175 Å². The predicted octanol–water partition coefficient (Wildman–Crippen LogP) is 6.09. The second-order valence-corrected chi connectivity index (χ2v) is 7.48. The Morgan fingerprint density at radius 2 is 1.55 bits per heavy atom. The van der Waals surface area contributed by atoms with E-state index in [1.807, 2.05) is 24.3 Å². The standard InChI is InChI=1S/C25H20ClN3/c1-17-4-2-3-5-22(17)21-12-10-19(11-13-21)15-24-23(28-25(26)29-24)14-18-6-8-20(16-27)9-7-18/h2-13H,14-15H2,1H3,(H,28,29). The van der Waals surface area contributed by atoms with Crippen LogP contribution in [-0.2, 0) is 12.8 Å². The lowest BCUT2D eigenvalue weighted by Gasteiger charge is -2.08. The van der Waals surface area contributed by atoms with Gasteiger partial charge in [0.05, 0.1) is 17.3 Å². The van der Waals surface area contributed by atoms with E-state index >= 15 is 0 Å². The van der Waals surface area contributed by atoms with Crippen LogP contribution in [0.1, 0.15) is 33.6 Å². The number of aryl methyl sites for hydroxylation is 1. The smallest absolute Gasteiger partial charge is 0.200 e. The van der Waals surface area contributed by atoms with Crippen molar-refractivity contribution in [3.05, 3.63) is 112 Å². The molecule has 0 unspecified atom stereocenters. The highest BCUT2D eigenvalue weighted by Crippen LogP contribution is 2.25. The number of hydrogen-bond acceptors (Lipinski definition) is 2. The summed E-state index contributed by atoms with van der Waals surface area (Å²) in [6.45, 7) is 2.13. The summed E-state index contributed by atoms with van der Waals surface area (Å²) in [6, 6.07) is 26.8.